The normalized spacial score (nSPS) is 16.6. The Labute approximate surface area is 586 Å². The summed E-state index contributed by atoms with van der Waals surface area (Å²) in [7, 11) is 1.54. The average Bonchev–Trinajstić information content (AvgIpc) is 0.762. The van der Waals surface area contributed by atoms with E-state index in [0.717, 1.165) is 27.8 Å². The molecule has 0 spiro atoms. The van der Waals surface area contributed by atoms with E-state index in [-0.39, 0.29) is 135 Å². The van der Waals surface area contributed by atoms with E-state index >= 15 is 14.4 Å². The van der Waals surface area contributed by atoms with Crippen molar-refractivity contribution >= 4 is 17.9 Å². The molecule has 0 amide bonds. The molecule has 0 aromatic heterocycles. The maximum Gasteiger partial charge on any atom is 0.340 e. The van der Waals surface area contributed by atoms with Gasteiger partial charge in [0.15, 0.2) is 46.9 Å². The van der Waals surface area contributed by atoms with Gasteiger partial charge < -0.3 is 75.8 Å². The molecule has 11 rings (SSSR count). The summed E-state index contributed by atoms with van der Waals surface area (Å²) >= 11 is 0. The molecule has 2 fully saturated rings. The Bertz CT molecular complexity index is 4100. The average molecular weight is 1370 g/mol. The fourth-order valence-electron chi connectivity index (χ4n) is 10.8. The van der Waals surface area contributed by atoms with Crippen molar-refractivity contribution in [2.75, 3.05) is 40.1 Å². The molecule has 2 saturated heterocycles. The first-order chi connectivity index (χ1) is 49.6. The van der Waals surface area contributed by atoms with Gasteiger partial charge in [0.1, 0.15) is 77.4 Å². The van der Waals surface area contributed by atoms with Gasteiger partial charge in [0.25, 0.3) is 0 Å². The highest BCUT2D eigenvalue weighted by Gasteiger charge is 2.56. The van der Waals surface area contributed by atoms with Crippen molar-refractivity contribution in [1.82, 2.24) is 0 Å². The lowest BCUT2D eigenvalue weighted by atomic mass is 9.96. The molecule has 0 radical (unpaired) electrons. The lowest BCUT2D eigenvalue weighted by molar-refractivity contribution is -0.351. The van der Waals surface area contributed by atoms with Gasteiger partial charge in [-0.05, 0) is 76.3 Å². The second-order valence-electron chi connectivity index (χ2n) is 22.9. The maximum atomic E-state index is 15.8. The number of carbonyl (C=O) groups excluding carboxylic acids is 3. The predicted molar refractivity (Wildman–Crippen MR) is 375 cm³/mol. The van der Waals surface area contributed by atoms with E-state index in [0.29, 0.717) is 11.3 Å². The van der Waals surface area contributed by atoms with Gasteiger partial charge in [0.05, 0.1) is 30.4 Å². The van der Waals surface area contributed by atoms with Crippen LogP contribution in [-0.2, 0) is 61.5 Å². The molecule has 9 aromatic rings. The molecule has 518 valence electrons. The largest absolute Gasteiger partial charge is 0.497 e. The van der Waals surface area contributed by atoms with E-state index in [1.165, 1.54) is 60.7 Å². The molecule has 1 unspecified atom stereocenters. The second-order valence-corrected chi connectivity index (χ2v) is 22.9. The van der Waals surface area contributed by atoms with Crippen LogP contribution in [0.2, 0.25) is 0 Å². The summed E-state index contributed by atoms with van der Waals surface area (Å²) in [6.07, 6.45) is -3.15. The van der Waals surface area contributed by atoms with Crippen molar-refractivity contribution in [3.8, 4) is 57.5 Å². The highest BCUT2D eigenvalue weighted by Crippen LogP contribution is 2.45. The van der Waals surface area contributed by atoms with Crippen LogP contribution in [0.1, 0.15) is 70.7 Å². The smallest absolute Gasteiger partial charge is 0.340 e. The number of benzene rings is 9. The molecule has 0 aliphatic carbocycles. The SMILES string of the molecule is C=CCOc1cc(C(=O)O[C@@H]2O[C@@H]3COC(c4ccc(OC)cc4)O[C@H]3[C@H](OC(=O)c3cc(OCc4ccccc4)c(OCc4ccccc4)c(OCc4ccccc4)c3)[C@H]2OC(=O)c2cc(OCC=C)c(OCc3ccccc3)c(OCC=C)c2)cc(OCC=C)c1OCc1ccccc1. The molecule has 0 saturated carbocycles. The van der Waals surface area contributed by atoms with Crippen LogP contribution in [0.4, 0.5) is 0 Å². The Balaban J connectivity index is 1.04. The highest BCUT2D eigenvalue weighted by atomic mass is 16.8. The Morgan fingerprint density at radius 2 is 0.703 bits per heavy atom. The van der Waals surface area contributed by atoms with Crippen molar-refractivity contribution in [3.05, 3.63) is 313 Å². The summed E-state index contributed by atoms with van der Waals surface area (Å²) < 4.78 is 103. The van der Waals surface area contributed by atoms with Gasteiger partial charge in [-0.15, -0.1) is 0 Å². The van der Waals surface area contributed by atoms with Crippen LogP contribution in [0, 0.1) is 0 Å². The van der Waals surface area contributed by atoms with Gasteiger partial charge in [-0.25, -0.2) is 14.4 Å². The lowest BCUT2D eigenvalue weighted by Gasteiger charge is -2.47. The number of ether oxygens (including phenoxy) is 16. The number of rotatable bonds is 35. The molecule has 9 aromatic carbocycles. The number of fused-ring (bicyclic) bond motifs is 1. The molecule has 6 atom stereocenters. The van der Waals surface area contributed by atoms with Gasteiger partial charge in [-0.3, -0.25) is 0 Å². The summed E-state index contributed by atoms with van der Waals surface area (Å²) in [4.78, 5) is 46.7. The van der Waals surface area contributed by atoms with Gasteiger partial charge in [-0.1, -0.05) is 214 Å². The number of methoxy groups -OCH3 is 1. The number of carbonyl (C=O) groups is 3. The fourth-order valence-corrected chi connectivity index (χ4v) is 10.8. The molecule has 19 heteroatoms. The zero-order valence-electron chi connectivity index (χ0n) is 55.6. The third-order valence-electron chi connectivity index (χ3n) is 15.7. The molecule has 2 aliphatic heterocycles. The monoisotopic (exact) mass is 1360 g/mol. The number of hydrogen-bond acceptors (Lipinski definition) is 19. The van der Waals surface area contributed by atoms with E-state index in [1.807, 2.05) is 152 Å². The Kier molecular flexibility index (Phi) is 24.9. The van der Waals surface area contributed by atoms with Crippen molar-refractivity contribution in [2.24, 2.45) is 0 Å². The second kappa shape index (κ2) is 35.6. The molecule has 2 aliphatic rings. The Morgan fingerprint density at radius 3 is 1.04 bits per heavy atom. The van der Waals surface area contributed by atoms with Crippen molar-refractivity contribution in [1.29, 1.82) is 0 Å². The van der Waals surface area contributed by atoms with Crippen LogP contribution in [0.3, 0.4) is 0 Å². The van der Waals surface area contributed by atoms with E-state index in [1.54, 1.807) is 31.4 Å². The van der Waals surface area contributed by atoms with Crippen molar-refractivity contribution < 1.29 is 90.2 Å². The van der Waals surface area contributed by atoms with Gasteiger partial charge in [0.2, 0.25) is 29.6 Å². The van der Waals surface area contributed by atoms with Crippen LogP contribution in [0.5, 0.6) is 57.5 Å². The quantitative estimate of drug-likeness (QED) is 0.0206. The molecule has 2 heterocycles. The van der Waals surface area contributed by atoms with Gasteiger partial charge in [-0.2, -0.15) is 0 Å². The van der Waals surface area contributed by atoms with Crippen LogP contribution in [0.15, 0.2) is 263 Å². The fraction of sp³-hybridized carbons (Fsp3) is 0.207. The number of esters is 3. The third kappa shape index (κ3) is 18.9. The van der Waals surface area contributed by atoms with Crippen molar-refractivity contribution in [3.63, 3.8) is 0 Å². The van der Waals surface area contributed by atoms with E-state index < -0.39 is 54.9 Å². The van der Waals surface area contributed by atoms with Gasteiger partial charge in [0, 0.05) is 5.56 Å². The molecular formula is C82H76O19. The summed E-state index contributed by atoms with van der Waals surface area (Å²) in [6, 6.07) is 62.8. The zero-order valence-corrected chi connectivity index (χ0v) is 55.6. The minimum absolute atomic E-state index is 0.00988. The van der Waals surface area contributed by atoms with Crippen LogP contribution >= 0.6 is 0 Å². The van der Waals surface area contributed by atoms with E-state index in [2.05, 4.69) is 26.3 Å². The third-order valence-corrected chi connectivity index (χ3v) is 15.7. The lowest BCUT2D eigenvalue weighted by Crippen LogP contribution is -2.64. The molecule has 19 nitrogen and oxygen atoms in total. The summed E-state index contributed by atoms with van der Waals surface area (Å²) in [5, 5.41) is 0. The summed E-state index contributed by atoms with van der Waals surface area (Å²) in [6.45, 7) is 15.4. The molecule has 101 heavy (non-hydrogen) atoms. The van der Waals surface area contributed by atoms with Crippen LogP contribution in [0.25, 0.3) is 0 Å². The zero-order chi connectivity index (χ0) is 70.1. The minimum Gasteiger partial charge on any atom is -0.497 e. The Morgan fingerprint density at radius 1 is 0.386 bits per heavy atom. The standard InChI is InChI=1S/C82H76O19/c1-6-39-87-65-43-61(44-66(88-40-7-2)72(65)93-51-57-29-19-12-20-30-57)79(84)99-77-76(98-78(83)62-47-69(91-49-55-25-15-10-16-26-55)74(95-53-59-33-23-14-24-34-59)70(48-62)92-50-56-27-17-11-18-28-56)75-71(54-96-81(100-75)60-35-37-64(86-5)38-36-60)97-82(77)101-80(85)63-45-67(89-41-8-3)73(68(46-63)90-42-9-4)94-52-58-31-21-13-22-32-58/h6-38,43-48,71,75-77,81-82H,1-4,39-42,49-54H2,5H3/t71-,75-,76+,77-,81?,82+/m1/s1. The highest BCUT2D eigenvalue weighted by molar-refractivity contribution is 5.93. The summed E-state index contributed by atoms with van der Waals surface area (Å²) in [5.74, 6) is -1.49. The van der Waals surface area contributed by atoms with Crippen LogP contribution in [-0.4, -0.2) is 88.8 Å². The topological polar surface area (TPSA) is 199 Å². The first kappa shape index (κ1) is 70.5. The minimum atomic E-state index is -1.93. The summed E-state index contributed by atoms with van der Waals surface area (Å²) in [5.41, 5.74) is 4.28. The predicted octanol–water partition coefficient (Wildman–Crippen LogP) is 15.3. The van der Waals surface area contributed by atoms with Crippen molar-refractivity contribution in [2.45, 2.75) is 70.0 Å². The molecule has 0 N–H and O–H groups in total. The Hall–Kier alpha value is -11.8. The molecule has 0 bridgehead atoms. The van der Waals surface area contributed by atoms with E-state index in [9.17, 15) is 0 Å². The first-order valence-corrected chi connectivity index (χ1v) is 32.6. The van der Waals surface area contributed by atoms with Gasteiger partial charge >= 0.3 is 17.9 Å². The molecular weight excluding hydrogens is 1290 g/mol. The number of hydrogen-bond donors (Lipinski definition) is 0. The van der Waals surface area contributed by atoms with Crippen LogP contribution < -0.4 is 47.4 Å². The first-order valence-electron chi connectivity index (χ1n) is 32.6. The maximum absolute atomic E-state index is 15.8. The van der Waals surface area contributed by atoms with E-state index in [4.69, 9.17) is 75.8 Å².